The van der Waals surface area contributed by atoms with Gasteiger partial charge in [0.25, 0.3) is 0 Å². The second-order valence-electron chi connectivity index (χ2n) is 9.16. The van der Waals surface area contributed by atoms with E-state index in [9.17, 15) is 18.0 Å². The summed E-state index contributed by atoms with van der Waals surface area (Å²) in [5.74, 6) is -0.0579. The number of amides is 2. The van der Waals surface area contributed by atoms with E-state index in [2.05, 4.69) is 5.32 Å². The van der Waals surface area contributed by atoms with Crippen LogP contribution in [-0.4, -0.2) is 75.9 Å². The first kappa shape index (κ1) is 25.6. The van der Waals surface area contributed by atoms with Crippen molar-refractivity contribution in [2.75, 3.05) is 46.4 Å². The third-order valence-corrected chi connectivity index (χ3v) is 8.82. The lowest BCUT2D eigenvalue weighted by atomic mass is 9.92. The van der Waals surface area contributed by atoms with Gasteiger partial charge in [0.1, 0.15) is 0 Å². The fourth-order valence-electron chi connectivity index (χ4n) is 4.56. The number of piperidine rings is 2. The smallest absolute Gasteiger partial charge is 0.243 e. The quantitative estimate of drug-likeness (QED) is 0.576. The van der Waals surface area contributed by atoms with Crippen LogP contribution in [0.1, 0.15) is 43.2 Å². The van der Waals surface area contributed by atoms with E-state index >= 15 is 0 Å². The Kier molecular flexibility index (Phi) is 8.89. The van der Waals surface area contributed by atoms with Crippen LogP contribution in [0.25, 0.3) is 0 Å². The van der Waals surface area contributed by atoms with Crippen LogP contribution >= 0.6 is 0 Å². The number of methoxy groups -OCH3 is 1. The van der Waals surface area contributed by atoms with Gasteiger partial charge >= 0.3 is 0 Å². The van der Waals surface area contributed by atoms with Crippen LogP contribution in [0.3, 0.4) is 0 Å². The van der Waals surface area contributed by atoms with Gasteiger partial charge in [-0.25, -0.2) is 8.42 Å². The van der Waals surface area contributed by atoms with E-state index in [0.717, 1.165) is 17.5 Å². The molecule has 2 heterocycles. The van der Waals surface area contributed by atoms with E-state index in [-0.39, 0.29) is 23.7 Å². The summed E-state index contributed by atoms with van der Waals surface area (Å²) in [6, 6.07) is 5.22. The van der Waals surface area contributed by atoms with E-state index in [0.29, 0.717) is 69.9 Å². The standard InChI is InChI=1S/C24H37N3O5S/c1-18-5-6-22(17-19(18)2)33(30,31)27-14-9-21(10-15-27)24(29)26-12-7-20(8-13-26)23(28)25-11-4-16-32-3/h5-6,17,20-21H,4,7-16H2,1-3H3,(H,25,28). The van der Waals surface area contributed by atoms with E-state index in [1.54, 1.807) is 19.2 Å². The highest BCUT2D eigenvalue weighted by atomic mass is 32.2. The number of hydrogen-bond acceptors (Lipinski definition) is 5. The fraction of sp³-hybridized carbons (Fsp3) is 0.667. The molecule has 0 bridgehead atoms. The number of carbonyl (C=O) groups excluding carboxylic acids is 2. The van der Waals surface area contributed by atoms with Crippen molar-refractivity contribution in [1.29, 1.82) is 0 Å². The topological polar surface area (TPSA) is 96.0 Å². The molecule has 0 aliphatic carbocycles. The molecule has 0 spiro atoms. The van der Waals surface area contributed by atoms with Crippen molar-refractivity contribution in [3.8, 4) is 0 Å². The largest absolute Gasteiger partial charge is 0.385 e. The van der Waals surface area contributed by atoms with Crippen LogP contribution in [0.5, 0.6) is 0 Å². The molecular weight excluding hydrogens is 442 g/mol. The maximum absolute atomic E-state index is 13.0. The Labute approximate surface area is 197 Å². The summed E-state index contributed by atoms with van der Waals surface area (Å²) < 4.78 is 32.5. The van der Waals surface area contributed by atoms with Crippen LogP contribution in [-0.2, 0) is 24.3 Å². The molecule has 0 radical (unpaired) electrons. The Morgan fingerprint density at radius 1 is 1.00 bits per heavy atom. The molecule has 3 rings (SSSR count). The minimum atomic E-state index is -3.55. The Bertz CT molecular complexity index is 933. The Morgan fingerprint density at radius 2 is 1.64 bits per heavy atom. The predicted molar refractivity (Wildman–Crippen MR) is 126 cm³/mol. The lowest BCUT2D eigenvalue weighted by Crippen LogP contribution is -2.48. The fourth-order valence-corrected chi connectivity index (χ4v) is 6.11. The number of nitrogens with zero attached hydrogens (tertiary/aromatic N) is 2. The van der Waals surface area contributed by atoms with Gasteiger partial charge in [-0.2, -0.15) is 4.31 Å². The number of aryl methyl sites for hydroxylation is 2. The maximum Gasteiger partial charge on any atom is 0.243 e. The van der Waals surface area contributed by atoms with Crippen molar-refractivity contribution in [2.24, 2.45) is 11.8 Å². The van der Waals surface area contributed by atoms with Crippen LogP contribution < -0.4 is 5.32 Å². The summed E-state index contributed by atoms with van der Waals surface area (Å²) in [7, 11) is -1.91. The first-order chi connectivity index (χ1) is 15.7. The number of sulfonamides is 1. The second kappa shape index (κ2) is 11.4. The van der Waals surface area contributed by atoms with Gasteiger partial charge in [-0.3, -0.25) is 9.59 Å². The second-order valence-corrected chi connectivity index (χ2v) is 11.1. The first-order valence-electron chi connectivity index (χ1n) is 11.9. The van der Waals surface area contributed by atoms with Crippen LogP contribution in [0.15, 0.2) is 23.1 Å². The Morgan fingerprint density at radius 3 is 2.24 bits per heavy atom. The van der Waals surface area contributed by atoms with E-state index in [4.69, 9.17) is 4.74 Å². The van der Waals surface area contributed by atoms with Gasteiger partial charge in [-0.15, -0.1) is 0 Å². The molecule has 0 saturated carbocycles. The summed E-state index contributed by atoms with van der Waals surface area (Å²) in [5.41, 5.74) is 2.01. The van der Waals surface area contributed by atoms with Gasteiger partial charge in [-0.05, 0) is 69.2 Å². The summed E-state index contributed by atoms with van der Waals surface area (Å²) in [4.78, 5) is 27.5. The van der Waals surface area contributed by atoms with Crippen molar-refractivity contribution in [3.05, 3.63) is 29.3 Å². The highest BCUT2D eigenvalue weighted by Gasteiger charge is 2.35. The summed E-state index contributed by atoms with van der Waals surface area (Å²) in [5, 5.41) is 2.95. The highest BCUT2D eigenvalue weighted by molar-refractivity contribution is 7.89. The summed E-state index contributed by atoms with van der Waals surface area (Å²) in [6.45, 7) is 6.96. The van der Waals surface area contributed by atoms with Crippen molar-refractivity contribution >= 4 is 21.8 Å². The molecule has 33 heavy (non-hydrogen) atoms. The van der Waals surface area contributed by atoms with Gasteiger partial charge in [-0.1, -0.05) is 6.07 Å². The molecule has 1 aromatic rings. The predicted octanol–water partition coefficient (Wildman–Crippen LogP) is 2.10. The lowest BCUT2D eigenvalue weighted by molar-refractivity contribution is -0.140. The third kappa shape index (κ3) is 6.33. The number of benzene rings is 1. The average molecular weight is 480 g/mol. The molecule has 0 unspecified atom stereocenters. The zero-order valence-corrected chi connectivity index (χ0v) is 20.8. The third-order valence-electron chi connectivity index (χ3n) is 6.92. The Balaban J connectivity index is 1.47. The molecule has 2 saturated heterocycles. The molecule has 1 N–H and O–H groups in total. The van der Waals surface area contributed by atoms with Gasteiger partial charge in [0.15, 0.2) is 0 Å². The number of carbonyl (C=O) groups is 2. The molecule has 0 atom stereocenters. The average Bonchev–Trinajstić information content (AvgIpc) is 2.83. The normalized spacial score (nSPS) is 18.9. The molecule has 8 nitrogen and oxygen atoms in total. The molecule has 2 aliphatic heterocycles. The number of likely N-dealkylation sites (tertiary alicyclic amines) is 1. The molecule has 0 aromatic heterocycles. The van der Waals surface area contributed by atoms with Crippen LogP contribution in [0.4, 0.5) is 0 Å². The molecular formula is C24H37N3O5S. The Hall–Kier alpha value is -1.97. The summed E-state index contributed by atoms with van der Waals surface area (Å²) >= 11 is 0. The van der Waals surface area contributed by atoms with Crippen molar-refractivity contribution in [1.82, 2.24) is 14.5 Å². The molecule has 2 amide bonds. The molecule has 9 heteroatoms. The number of hydrogen-bond donors (Lipinski definition) is 1. The van der Waals surface area contributed by atoms with Gasteiger partial charge in [0.05, 0.1) is 4.90 Å². The first-order valence-corrected chi connectivity index (χ1v) is 13.3. The van der Waals surface area contributed by atoms with Crippen LogP contribution in [0.2, 0.25) is 0 Å². The SMILES string of the molecule is COCCCNC(=O)C1CCN(C(=O)C2CCN(S(=O)(=O)c3ccc(C)c(C)c3)CC2)CC1. The molecule has 184 valence electrons. The molecule has 1 aromatic carbocycles. The van der Waals surface area contributed by atoms with E-state index in [1.165, 1.54) is 4.31 Å². The van der Waals surface area contributed by atoms with E-state index < -0.39 is 10.0 Å². The van der Waals surface area contributed by atoms with Crippen molar-refractivity contribution in [2.45, 2.75) is 50.8 Å². The number of rotatable bonds is 8. The lowest BCUT2D eigenvalue weighted by Gasteiger charge is -2.36. The van der Waals surface area contributed by atoms with E-state index in [1.807, 2.05) is 24.8 Å². The maximum atomic E-state index is 13.0. The summed E-state index contributed by atoms with van der Waals surface area (Å²) in [6.07, 6.45) is 3.19. The highest BCUT2D eigenvalue weighted by Crippen LogP contribution is 2.27. The molecule has 2 fully saturated rings. The zero-order valence-electron chi connectivity index (χ0n) is 20.0. The van der Waals surface area contributed by atoms with Crippen molar-refractivity contribution < 1.29 is 22.7 Å². The van der Waals surface area contributed by atoms with Crippen LogP contribution in [0, 0.1) is 25.7 Å². The monoisotopic (exact) mass is 479 g/mol. The minimum absolute atomic E-state index is 0.0541. The minimum Gasteiger partial charge on any atom is -0.385 e. The van der Waals surface area contributed by atoms with Gasteiger partial charge in [0.2, 0.25) is 21.8 Å². The van der Waals surface area contributed by atoms with Crippen molar-refractivity contribution in [3.63, 3.8) is 0 Å². The molecule has 2 aliphatic rings. The van der Waals surface area contributed by atoms with Gasteiger partial charge in [0, 0.05) is 58.3 Å². The number of nitrogens with one attached hydrogen (secondary N) is 1. The number of ether oxygens (including phenoxy) is 1. The zero-order chi connectivity index (χ0) is 24.0. The van der Waals surface area contributed by atoms with Gasteiger partial charge < -0.3 is 15.0 Å².